The van der Waals surface area contributed by atoms with Crippen LogP contribution in [0.2, 0.25) is 19.6 Å². The number of rotatable bonds is 5. The molecule has 0 amide bonds. The fourth-order valence-corrected chi connectivity index (χ4v) is 2.79. The minimum atomic E-state index is -3.46. The molecule has 0 fully saturated rings. The Kier molecular flexibility index (Phi) is 5.59. The molecule has 3 nitrogen and oxygen atoms in total. The average Bonchev–Trinajstić information content (AvgIpc) is 2.34. The van der Waals surface area contributed by atoms with E-state index in [1.54, 1.807) is 36.4 Å². The molecule has 1 aromatic rings. The van der Waals surface area contributed by atoms with Crippen molar-refractivity contribution in [2.75, 3.05) is 6.54 Å². The molecule has 0 bridgehead atoms. The standard InChI is InChI=1S/C13H18ClNO2SSi/c1-19(2,3)13(14)10-7-11-15-18(16,17)12-8-5-4-6-9-12/h4-9,15H,11H2,1-3H3. The average molecular weight is 316 g/mol. The van der Waals surface area contributed by atoms with Crippen molar-refractivity contribution in [3.8, 4) is 0 Å². The van der Waals surface area contributed by atoms with Crippen LogP contribution in [0.1, 0.15) is 0 Å². The van der Waals surface area contributed by atoms with E-state index in [1.165, 1.54) is 0 Å². The molecular weight excluding hydrogens is 298 g/mol. The third kappa shape index (κ3) is 5.34. The van der Waals surface area contributed by atoms with E-state index >= 15 is 0 Å². The van der Waals surface area contributed by atoms with Gasteiger partial charge in [0, 0.05) is 11.2 Å². The third-order valence-corrected chi connectivity index (χ3v) is 7.03. The highest BCUT2D eigenvalue weighted by Crippen LogP contribution is 2.16. The van der Waals surface area contributed by atoms with Gasteiger partial charge in [-0.2, -0.15) is 0 Å². The number of halogens is 1. The summed E-state index contributed by atoms with van der Waals surface area (Å²) in [5.41, 5.74) is 2.94. The molecule has 0 atom stereocenters. The molecule has 0 aliphatic rings. The number of hydrogen-bond donors (Lipinski definition) is 1. The van der Waals surface area contributed by atoms with Crippen LogP contribution in [-0.2, 0) is 10.0 Å². The van der Waals surface area contributed by atoms with Crippen LogP contribution in [0.3, 0.4) is 0 Å². The van der Waals surface area contributed by atoms with Gasteiger partial charge < -0.3 is 0 Å². The molecular formula is C13H18ClNO2SSi. The second-order valence-corrected chi connectivity index (χ2v) is 12.5. The molecule has 0 saturated heterocycles. The van der Waals surface area contributed by atoms with Gasteiger partial charge in [0.2, 0.25) is 10.0 Å². The first-order valence-corrected chi connectivity index (χ1v) is 11.3. The summed E-state index contributed by atoms with van der Waals surface area (Å²) in [5.74, 6) is 0. The van der Waals surface area contributed by atoms with E-state index in [2.05, 4.69) is 30.1 Å². The molecule has 104 valence electrons. The predicted molar refractivity (Wildman–Crippen MR) is 82.4 cm³/mol. The summed E-state index contributed by atoms with van der Waals surface area (Å²) in [5, 5.41) is 0. The molecule has 1 aromatic carbocycles. The van der Waals surface area contributed by atoms with Crippen LogP contribution in [0.15, 0.2) is 51.7 Å². The number of hydrogen-bond acceptors (Lipinski definition) is 2. The summed E-state index contributed by atoms with van der Waals surface area (Å²) >= 11 is 6.08. The van der Waals surface area contributed by atoms with Crippen molar-refractivity contribution < 1.29 is 8.42 Å². The number of benzene rings is 1. The lowest BCUT2D eigenvalue weighted by atomic mass is 10.4. The fourth-order valence-electron chi connectivity index (χ4n) is 1.19. The lowest BCUT2D eigenvalue weighted by Crippen LogP contribution is -2.23. The van der Waals surface area contributed by atoms with Gasteiger partial charge in [-0.15, -0.1) is 5.73 Å². The molecule has 0 aliphatic heterocycles. The number of nitrogens with one attached hydrogen (secondary N) is 1. The SMILES string of the molecule is C[Si](C)(C)C(Cl)=C=CCNS(=O)(=O)c1ccccc1. The van der Waals surface area contributed by atoms with Gasteiger partial charge in [-0.05, 0) is 18.2 Å². The summed E-state index contributed by atoms with van der Waals surface area (Å²) in [6.45, 7) is 6.48. The van der Waals surface area contributed by atoms with Crippen LogP contribution in [0.5, 0.6) is 0 Å². The van der Waals surface area contributed by atoms with Crippen molar-refractivity contribution in [2.24, 2.45) is 0 Å². The van der Waals surface area contributed by atoms with Crippen molar-refractivity contribution in [1.82, 2.24) is 4.72 Å². The molecule has 6 heteroatoms. The Morgan fingerprint density at radius 2 is 1.89 bits per heavy atom. The lowest BCUT2D eigenvalue weighted by molar-refractivity contribution is 0.585. The Morgan fingerprint density at radius 3 is 2.42 bits per heavy atom. The molecule has 0 spiro atoms. The minimum absolute atomic E-state index is 0.178. The largest absolute Gasteiger partial charge is 0.240 e. The van der Waals surface area contributed by atoms with Crippen molar-refractivity contribution in [1.29, 1.82) is 0 Å². The molecule has 0 heterocycles. The van der Waals surface area contributed by atoms with E-state index in [0.717, 1.165) is 0 Å². The highest BCUT2D eigenvalue weighted by Gasteiger charge is 2.17. The second-order valence-electron chi connectivity index (χ2n) is 5.08. The van der Waals surface area contributed by atoms with Crippen molar-refractivity contribution in [2.45, 2.75) is 24.5 Å². The first-order chi connectivity index (χ1) is 8.73. The van der Waals surface area contributed by atoms with E-state index in [-0.39, 0.29) is 11.4 Å². The van der Waals surface area contributed by atoms with Gasteiger partial charge in [0.15, 0.2) is 0 Å². The van der Waals surface area contributed by atoms with Crippen molar-refractivity contribution >= 4 is 29.7 Å². The van der Waals surface area contributed by atoms with Crippen LogP contribution >= 0.6 is 11.6 Å². The summed E-state index contributed by atoms with van der Waals surface area (Å²) in [7, 11) is -5.01. The first-order valence-electron chi connectivity index (χ1n) is 5.89. The maximum atomic E-state index is 11.9. The normalized spacial score (nSPS) is 11.8. The van der Waals surface area contributed by atoms with Gasteiger partial charge in [0.05, 0.1) is 4.90 Å². The van der Waals surface area contributed by atoms with Gasteiger partial charge in [-0.25, -0.2) is 13.1 Å². The predicted octanol–water partition coefficient (Wildman–Crippen LogP) is 3.12. The van der Waals surface area contributed by atoms with Crippen LogP contribution in [0, 0.1) is 0 Å². The second kappa shape index (κ2) is 6.55. The topological polar surface area (TPSA) is 46.2 Å². The Bertz CT molecular complexity index is 585. The van der Waals surface area contributed by atoms with Gasteiger partial charge in [0.25, 0.3) is 0 Å². The summed E-state index contributed by atoms with van der Waals surface area (Å²) in [6, 6.07) is 8.25. The highest BCUT2D eigenvalue weighted by molar-refractivity contribution is 7.89. The smallest absolute Gasteiger partial charge is 0.207 e. The van der Waals surface area contributed by atoms with Crippen LogP contribution < -0.4 is 4.72 Å². The van der Waals surface area contributed by atoms with E-state index in [9.17, 15) is 8.42 Å². The highest BCUT2D eigenvalue weighted by atomic mass is 35.5. The Morgan fingerprint density at radius 1 is 1.32 bits per heavy atom. The minimum Gasteiger partial charge on any atom is -0.207 e. The Labute approximate surface area is 121 Å². The zero-order valence-electron chi connectivity index (χ0n) is 11.3. The molecule has 0 unspecified atom stereocenters. The monoisotopic (exact) mass is 315 g/mol. The Hall–Kier alpha value is -0.843. The quantitative estimate of drug-likeness (QED) is 0.670. The van der Waals surface area contributed by atoms with E-state index in [1.807, 2.05) is 0 Å². The molecule has 0 aliphatic carbocycles. The van der Waals surface area contributed by atoms with E-state index in [0.29, 0.717) is 4.66 Å². The molecule has 1 N–H and O–H groups in total. The third-order valence-electron chi connectivity index (χ3n) is 2.32. The van der Waals surface area contributed by atoms with Crippen LogP contribution in [0.4, 0.5) is 0 Å². The Balaban J connectivity index is 2.72. The maximum Gasteiger partial charge on any atom is 0.240 e. The molecule has 0 aromatic heterocycles. The summed E-state index contributed by atoms with van der Waals surface area (Å²) < 4.78 is 26.9. The summed E-state index contributed by atoms with van der Waals surface area (Å²) in [4.78, 5) is 0.253. The maximum absolute atomic E-state index is 11.9. The molecule has 19 heavy (non-hydrogen) atoms. The zero-order valence-corrected chi connectivity index (χ0v) is 13.8. The van der Waals surface area contributed by atoms with Crippen molar-refractivity contribution in [3.63, 3.8) is 0 Å². The molecule has 0 saturated carbocycles. The van der Waals surface area contributed by atoms with Crippen LogP contribution in [0.25, 0.3) is 0 Å². The van der Waals surface area contributed by atoms with Gasteiger partial charge in [0.1, 0.15) is 8.07 Å². The fraction of sp³-hybridized carbons (Fsp3) is 0.308. The van der Waals surface area contributed by atoms with Gasteiger partial charge >= 0.3 is 0 Å². The van der Waals surface area contributed by atoms with Crippen molar-refractivity contribution in [3.05, 3.63) is 46.8 Å². The molecule has 0 radical (unpaired) electrons. The van der Waals surface area contributed by atoms with E-state index in [4.69, 9.17) is 11.6 Å². The zero-order chi connectivity index (χ0) is 14.5. The van der Waals surface area contributed by atoms with Crippen LogP contribution in [-0.4, -0.2) is 23.0 Å². The van der Waals surface area contributed by atoms with Gasteiger partial charge in [-0.3, -0.25) is 0 Å². The summed E-state index contributed by atoms with van der Waals surface area (Å²) in [6.07, 6.45) is 1.61. The van der Waals surface area contributed by atoms with Gasteiger partial charge in [-0.1, -0.05) is 49.4 Å². The number of sulfonamides is 1. The lowest BCUT2D eigenvalue weighted by Gasteiger charge is -2.11. The van der Waals surface area contributed by atoms with E-state index < -0.39 is 18.1 Å². The first kappa shape index (κ1) is 16.2. The molecule has 1 rings (SSSR count).